The number of carbonyl (C=O) groups excluding carboxylic acids is 2. The lowest BCUT2D eigenvalue weighted by Gasteiger charge is -2.20. The average Bonchev–Trinajstić information content (AvgIpc) is 2.52. The van der Waals surface area contributed by atoms with Gasteiger partial charge in [-0.05, 0) is 51.1 Å². The summed E-state index contributed by atoms with van der Waals surface area (Å²) in [6, 6.07) is 12.2. The van der Waals surface area contributed by atoms with Crippen molar-refractivity contribution >= 4 is 11.8 Å². The van der Waals surface area contributed by atoms with Crippen LogP contribution < -0.4 is 10.6 Å². The Morgan fingerprint density at radius 2 is 1.70 bits per heavy atom. The van der Waals surface area contributed by atoms with Crippen molar-refractivity contribution in [3.8, 4) is 0 Å². The smallest absolute Gasteiger partial charge is 0.251 e. The van der Waals surface area contributed by atoms with Crippen molar-refractivity contribution in [2.24, 2.45) is 0 Å². The highest BCUT2D eigenvalue weighted by Crippen LogP contribution is 2.08. The Labute approximate surface area is 136 Å². The van der Waals surface area contributed by atoms with Gasteiger partial charge in [0.25, 0.3) is 11.8 Å². The summed E-state index contributed by atoms with van der Waals surface area (Å²) in [6.45, 7) is 6.08. The maximum absolute atomic E-state index is 12.2. The van der Waals surface area contributed by atoms with Gasteiger partial charge in [-0.2, -0.15) is 0 Å². The Bertz CT molecular complexity index is 691. The summed E-state index contributed by atoms with van der Waals surface area (Å²) < 4.78 is 0. The van der Waals surface area contributed by atoms with Crippen LogP contribution in [0.5, 0.6) is 0 Å². The molecular weight excluding hydrogens is 290 g/mol. The molecular formula is C18H21N3O2. The van der Waals surface area contributed by atoms with Gasteiger partial charge in [0.1, 0.15) is 0 Å². The number of hydrogen-bond acceptors (Lipinski definition) is 3. The van der Waals surface area contributed by atoms with Gasteiger partial charge in [0, 0.05) is 22.9 Å². The molecule has 5 nitrogen and oxygen atoms in total. The molecule has 0 aliphatic rings. The molecule has 2 rings (SSSR count). The molecule has 0 aliphatic heterocycles. The third-order valence-corrected chi connectivity index (χ3v) is 3.03. The van der Waals surface area contributed by atoms with Gasteiger partial charge in [-0.3, -0.25) is 14.6 Å². The van der Waals surface area contributed by atoms with Crippen LogP contribution in [0.1, 0.15) is 47.2 Å². The first-order valence-electron chi connectivity index (χ1n) is 7.46. The van der Waals surface area contributed by atoms with Crippen LogP contribution in [0.25, 0.3) is 0 Å². The molecule has 0 unspecified atom stereocenters. The molecule has 2 amide bonds. The van der Waals surface area contributed by atoms with Gasteiger partial charge in [0.15, 0.2) is 0 Å². The van der Waals surface area contributed by atoms with Gasteiger partial charge in [0.2, 0.25) is 0 Å². The van der Waals surface area contributed by atoms with E-state index in [9.17, 15) is 9.59 Å². The lowest BCUT2D eigenvalue weighted by Crippen LogP contribution is -2.40. The highest BCUT2D eigenvalue weighted by atomic mass is 16.2. The first-order valence-corrected chi connectivity index (χ1v) is 7.46. The second-order valence-electron chi connectivity index (χ2n) is 6.29. The number of nitrogens with zero attached hydrogens (tertiary/aromatic N) is 1. The number of nitrogens with one attached hydrogen (secondary N) is 2. The van der Waals surface area contributed by atoms with Crippen molar-refractivity contribution in [1.82, 2.24) is 15.6 Å². The molecule has 23 heavy (non-hydrogen) atoms. The molecule has 0 saturated carbocycles. The summed E-state index contributed by atoms with van der Waals surface area (Å²) in [4.78, 5) is 28.5. The highest BCUT2D eigenvalue weighted by Gasteiger charge is 2.16. The van der Waals surface area contributed by atoms with E-state index in [2.05, 4.69) is 15.6 Å². The third-order valence-electron chi connectivity index (χ3n) is 3.03. The van der Waals surface area contributed by atoms with E-state index < -0.39 is 0 Å². The summed E-state index contributed by atoms with van der Waals surface area (Å²) in [5, 5.41) is 5.68. The number of pyridine rings is 1. The zero-order valence-corrected chi connectivity index (χ0v) is 13.6. The molecule has 0 fully saturated rings. The highest BCUT2D eigenvalue weighted by molar-refractivity contribution is 5.99. The molecule has 1 aromatic carbocycles. The third kappa shape index (κ3) is 5.21. The van der Waals surface area contributed by atoms with Crippen LogP contribution in [0.15, 0.2) is 48.7 Å². The molecule has 0 radical (unpaired) electrons. The zero-order chi connectivity index (χ0) is 16.9. The molecule has 120 valence electrons. The fourth-order valence-electron chi connectivity index (χ4n) is 1.99. The first-order chi connectivity index (χ1) is 10.8. The molecule has 0 atom stereocenters. The van der Waals surface area contributed by atoms with E-state index in [0.717, 1.165) is 5.69 Å². The molecule has 0 bridgehead atoms. The van der Waals surface area contributed by atoms with E-state index in [-0.39, 0.29) is 17.4 Å². The predicted molar refractivity (Wildman–Crippen MR) is 89.1 cm³/mol. The minimum atomic E-state index is -0.325. The Hall–Kier alpha value is -2.69. The van der Waals surface area contributed by atoms with Crippen LogP contribution >= 0.6 is 0 Å². The number of rotatable bonds is 4. The number of benzene rings is 1. The van der Waals surface area contributed by atoms with E-state index in [1.54, 1.807) is 30.5 Å². The van der Waals surface area contributed by atoms with Crippen molar-refractivity contribution in [3.05, 3.63) is 65.5 Å². The minimum absolute atomic E-state index is 0.197. The second kappa shape index (κ2) is 7.05. The number of aromatic nitrogens is 1. The van der Waals surface area contributed by atoms with Crippen LogP contribution in [0.3, 0.4) is 0 Å². The topological polar surface area (TPSA) is 71.1 Å². The molecule has 0 aliphatic carbocycles. The van der Waals surface area contributed by atoms with Crippen molar-refractivity contribution in [2.75, 3.05) is 0 Å². The van der Waals surface area contributed by atoms with Crippen molar-refractivity contribution in [3.63, 3.8) is 0 Å². The summed E-state index contributed by atoms with van der Waals surface area (Å²) in [7, 11) is 0. The molecule has 2 N–H and O–H groups in total. The normalized spacial score (nSPS) is 10.9. The Morgan fingerprint density at radius 3 is 2.30 bits per heavy atom. The van der Waals surface area contributed by atoms with Crippen molar-refractivity contribution < 1.29 is 9.59 Å². The Balaban J connectivity index is 2.04. The fourth-order valence-corrected chi connectivity index (χ4v) is 1.99. The molecule has 2 aromatic rings. The van der Waals surface area contributed by atoms with Gasteiger partial charge in [-0.25, -0.2) is 0 Å². The van der Waals surface area contributed by atoms with Crippen LogP contribution in [0.4, 0.5) is 0 Å². The van der Waals surface area contributed by atoms with Crippen LogP contribution in [-0.2, 0) is 6.54 Å². The second-order valence-corrected chi connectivity index (χ2v) is 6.29. The summed E-state index contributed by atoms with van der Waals surface area (Å²) >= 11 is 0. The summed E-state index contributed by atoms with van der Waals surface area (Å²) in [6.07, 6.45) is 1.68. The van der Waals surface area contributed by atoms with Crippen LogP contribution in [0.2, 0.25) is 0 Å². The maximum atomic E-state index is 12.2. The van der Waals surface area contributed by atoms with Gasteiger partial charge >= 0.3 is 0 Å². The SMILES string of the molecule is CC(C)(C)NC(=O)c1cccc(C(=O)NCc2ccccn2)c1. The predicted octanol–water partition coefficient (Wildman–Crippen LogP) is 2.54. The quantitative estimate of drug-likeness (QED) is 0.911. The standard InChI is InChI=1S/C18H21N3O2/c1-18(2,3)21-17(23)14-8-6-7-13(11-14)16(22)20-12-15-9-4-5-10-19-15/h4-11H,12H2,1-3H3,(H,20,22)(H,21,23). The lowest BCUT2D eigenvalue weighted by atomic mass is 10.1. The fraction of sp³-hybridized carbons (Fsp3) is 0.278. The van der Waals surface area contributed by atoms with Crippen molar-refractivity contribution in [2.45, 2.75) is 32.9 Å². The van der Waals surface area contributed by atoms with Gasteiger partial charge in [-0.15, -0.1) is 0 Å². The lowest BCUT2D eigenvalue weighted by molar-refractivity contribution is 0.0919. The summed E-state index contributed by atoms with van der Waals surface area (Å²) in [5.41, 5.74) is 1.37. The van der Waals surface area contributed by atoms with Crippen LogP contribution in [0, 0.1) is 0 Å². The van der Waals surface area contributed by atoms with Crippen molar-refractivity contribution in [1.29, 1.82) is 0 Å². The van der Waals surface area contributed by atoms with Crippen LogP contribution in [-0.4, -0.2) is 22.3 Å². The maximum Gasteiger partial charge on any atom is 0.251 e. The summed E-state index contributed by atoms with van der Waals surface area (Å²) in [5.74, 6) is -0.432. The number of carbonyl (C=O) groups is 2. The molecule has 0 spiro atoms. The zero-order valence-electron chi connectivity index (χ0n) is 13.6. The molecule has 1 heterocycles. The average molecular weight is 311 g/mol. The van der Waals surface area contributed by atoms with E-state index in [1.165, 1.54) is 0 Å². The minimum Gasteiger partial charge on any atom is -0.347 e. The molecule has 5 heteroatoms. The molecule has 0 saturated heterocycles. The largest absolute Gasteiger partial charge is 0.347 e. The molecule has 1 aromatic heterocycles. The van der Waals surface area contributed by atoms with Gasteiger partial charge in [-0.1, -0.05) is 12.1 Å². The van der Waals surface area contributed by atoms with E-state index >= 15 is 0 Å². The number of hydrogen-bond donors (Lipinski definition) is 2. The Morgan fingerprint density at radius 1 is 1.00 bits per heavy atom. The van der Waals surface area contributed by atoms with E-state index in [1.807, 2.05) is 39.0 Å². The first kappa shape index (κ1) is 16.7. The number of amides is 2. The van der Waals surface area contributed by atoms with E-state index in [0.29, 0.717) is 17.7 Å². The monoisotopic (exact) mass is 311 g/mol. The van der Waals surface area contributed by atoms with E-state index in [4.69, 9.17) is 0 Å². The van der Waals surface area contributed by atoms with Gasteiger partial charge < -0.3 is 10.6 Å². The Kier molecular flexibility index (Phi) is 5.11. The van der Waals surface area contributed by atoms with Gasteiger partial charge in [0.05, 0.1) is 12.2 Å².